The molecule has 1 rings (SSSR count). The van der Waals surface area contributed by atoms with Gasteiger partial charge in [0.15, 0.2) is 6.29 Å². The molecule has 1 unspecified atom stereocenters. The first-order chi connectivity index (χ1) is 6.77. The molecule has 0 aliphatic carbocycles. The first-order valence-electron chi connectivity index (χ1n) is 5.26. The van der Waals surface area contributed by atoms with Crippen molar-refractivity contribution in [3.05, 3.63) is 11.8 Å². The lowest BCUT2D eigenvalue weighted by atomic mass is 10.2. The Balaban J connectivity index is 2.50. The van der Waals surface area contributed by atoms with Crippen molar-refractivity contribution in [3.8, 4) is 0 Å². The second-order valence-electron chi connectivity index (χ2n) is 3.36. The molecule has 0 aromatic heterocycles. The van der Waals surface area contributed by atoms with Crippen molar-refractivity contribution in [2.45, 2.75) is 33.5 Å². The summed E-state index contributed by atoms with van der Waals surface area (Å²) in [6, 6.07) is 0. The van der Waals surface area contributed by atoms with Crippen LogP contribution in [0.3, 0.4) is 0 Å². The first-order valence-corrected chi connectivity index (χ1v) is 5.26. The Morgan fingerprint density at radius 2 is 2.29 bits per heavy atom. The quantitative estimate of drug-likeness (QED) is 0.623. The molecule has 0 amide bonds. The SMILES string of the molecule is CCCNC1N=C(NCC)C(C)=CN1. The van der Waals surface area contributed by atoms with Crippen molar-refractivity contribution in [3.63, 3.8) is 0 Å². The summed E-state index contributed by atoms with van der Waals surface area (Å²) in [5.74, 6) is 0.986. The highest BCUT2D eigenvalue weighted by Gasteiger charge is 2.11. The zero-order chi connectivity index (χ0) is 10.4. The van der Waals surface area contributed by atoms with E-state index < -0.39 is 0 Å². The van der Waals surface area contributed by atoms with Gasteiger partial charge < -0.3 is 10.6 Å². The number of nitrogens with zero attached hydrogens (tertiary/aromatic N) is 1. The Labute approximate surface area is 85.9 Å². The molecule has 3 N–H and O–H groups in total. The Hall–Kier alpha value is -1.03. The van der Waals surface area contributed by atoms with Crippen LogP contribution in [0.25, 0.3) is 0 Å². The van der Waals surface area contributed by atoms with Crippen LogP contribution >= 0.6 is 0 Å². The molecule has 1 aliphatic heterocycles. The predicted molar refractivity (Wildman–Crippen MR) is 60.1 cm³/mol. The maximum absolute atomic E-state index is 4.51. The smallest absolute Gasteiger partial charge is 0.175 e. The molecule has 1 atom stereocenters. The minimum atomic E-state index is 0.0210. The van der Waals surface area contributed by atoms with Crippen molar-refractivity contribution in [2.24, 2.45) is 4.99 Å². The van der Waals surface area contributed by atoms with E-state index in [1.54, 1.807) is 0 Å². The normalized spacial score (nSPS) is 20.9. The van der Waals surface area contributed by atoms with E-state index in [2.05, 4.69) is 34.8 Å². The van der Waals surface area contributed by atoms with Gasteiger partial charge in [0.2, 0.25) is 0 Å². The van der Waals surface area contributed by atoms with Gasteiger partial charge in [0, 0.05) is 18.3 Å². The highest BCUT2D eigenvalue weighted by Crippen LogP contribution is 2.01. The van der Waals surface area contributed by atoms with Crippen molar-refractivity contribution in [1.82, 2.24) is 16.0 Å². The molecule has 4 nitrogen and oxygen atoms in total. The van der Waals surface area contributed by atoms with Gasteiger partial charge in [0.25, 0.3) is 0 Å². The third-order valence-electron chi connectivity index (χ3n) is 2.02. The monoisotopic (exact) mass is 196 g/mol. The number of likely N-dealkylation sites (N-methyl/N-ethyl adjacent to an activating group) is 1. The lowest BCUT2D eigenvalue weighted by Crippen LogP contribution is -2.44. The molecular weight excluding hydrogens is 176 g/mol. The van der Waals surface area contributed by atoms with Crippen LogP contribution in [0.4, 0.5) is 0 Å². The number of amidine groups is 1. The van der Waals surface area contributed by atoms with Crippen LogP contribution < -0.4 is 16.0 Å². The molecule has 0 saturated heterocycles. The van der Waals surface area contributed by atoms with Crippen LogP contribution in [-0.2, 0) is 0 Å². The van der Waals surface area contributed by atoms with Crippen LogP contribution in [-0.4, -0.2) is 25.2 Å². The number of hydrogen-bond donors (Lipinski definition) is 3. The average Bonchev–Trinajstić information content (AvgIpc) is 2.19. The molecule has 4 heteroatoms. The van der Waals surface area contributed by atoms with Gasteiger partial charge in [-0.05, 0) is 26.8 Å². The Morgan fingerprint density at radius 3 is 2.93 bits per heavy atom. The second-order valence-corrected chi connectivity index (χ2v) is 3.36. The molecule has 0 fully saturated rings. The van der Waals surface area contributed by atoms with Crippen molar-refractivity contribution < 1.29 is 0 Å². The van der Waals surface area contributed by atoms with E-state index in [1.807, 2.05) is 13.1 Å². The lowest BCUT2D eigenvalue weighted by molar-refractivity contribution is 0.480. The minimum absolute atomic E-state index is 0.0210. The lowest BCUT2D eigenvalue weighted by Gasteiger charge is -2.22. The summed E-state index contributed by atoms with van der Waals surface area (Å²) in [6.07, 6.45) is 3.14. The fourth-order valence-electron chi connectivity index (χ4n) is 1.28. The molecule has 0 aromatic rings. The van der Waals surface area contributed by atoms with E-state index >= 15 is 0 Å². The molecule has 14 heavy (non-hydrogen) atoms. The van der Waals surface area contributed by atoms with Gasteiger partial charge in [-0.3, -0.25) is 5.32 Å². The Kier molecular flexibility index (Phi) is 4.46. The van der Waals surface area contributed by atoms with E-state index in [0.29, 0.717) is 0 Å². The van der Waals surface area contributed by atoms with Gasteiger partial charge in [-0.15, -0.1) is 0 Å². The minimum Gasteiger partial charge on any atom is -0.370 e. The van der Waals surface area contributed by atoms with E-state index in [-0.39, 0.29) is 6.29 Å². The second kappa shape index (κ2) is 5.65. The zero-order valence-electron chi connectivity index (χ0n) is 9.22. The topological polar surface area (TPSA) is 48.5 Å². The highest BCUT2D eigenvalue weighted by atomic mass is 15.3. The van der Waals surface area contributed by atoms with Crippen LogP contribution in [0.2, 0.25) is 0 Å². The van der Waals surface area contributed by atoms with E-state index in [9.17, 15) is 0 Å². The molecule has 1 heterocycles. The summed E-state index contributed by atoms with van der Waals surface area (Å²) >= 11 is 0. The average molecular weight is 196 g/mol. The summed E-state index contributed by atoms with van der Waals surface area (Å²) in [5, 5.41) is 9.73. The third-order valence-corrected chi connectivity index (χ3v) is 2.02. The predicted octanol–water partition coefficient (Wildman–Crippen LogP) is 0.785. The number of rotatable bonds is 4. The van der Waals surface area contributed by atoms with Crippen LogP contribution in [0, 0.1) is 0 Å². The maximum Gasteiger partial charge on any atom is 0.175 e. The van der Waals surface area contributed by atoms with Crippen LogP contribution in [0.1, 0.15) is 27.2 Å². The van der Waals surface area contributed by atoms with Gasteiger partial charge in [0.1, 0.15) is 5.84 Å². The molecule has 0 bridgehead atoms. The van der Waals surface area contributed by atoms with Crippen molar-refractivity contribution >= 4 is 5.84 Å². The van der Waals surface area contributed by atoms with Gasteiger partial charge in [0.05, 0.1) is 0 Å². The standard InChI is InChI=1S/C10H20N4/c1-4-6-12-10-13-7-8(3)9(14-10)11-5-2/h7,10,12-13H,4-6H2,1-3H3,(H,11,14). The Bertz CT molecular complexity index is 232. The molecule has 0 radical (unpaired) electrons. The fourth-order valence-corrected chi connectivity index (χ4v) is 1.28. The zero-order valence-corrected chi connectivity index (χ0v) is 9.22. The van der Waals surface area contributed by atoms with E-state index in [0.717, 1.165) is 30.9 Å². The summed E-state index contributed by atoms with van der Waals surface area (Å²) in [7, 11) is 0. The fraction of sp³-hybridized carbons (Fsp3) is 0.700. The van der Waals surface area contributed by atoms with Crippen LogP contribution in [0.15, 0.2) is 16.8 Å². The van der Waals surface area contributed by atoms with Gasteiger partial charge in [-0.25, -0.2) is 4.99 Å². The summed E-state index contributed by atoms with van der Waals surface area (Å²) in [5.41, 5.74) is 1.15. The largest absolute Gasteiger partial charge is 0.370 e. The molecule has 0 aromatic carbocycles. The highest BCUT2D eigenvalue weighted by molar-refractivity contribution is 5.98. The van der Waals surface area contributed by atoms with E-state index in [1.165, 1.54) is 0 Å². The Morgan fingerprint density at radius 1 is 1.50 bits per heavy atom. The summed E-state index contributed by atoms with van der Waals surface area (Å²) < 4.78 is 0. The molecule has 80 valence electrons. The molecular formula is C10H20N4. The van der Waals surface area contributed by atoms with E-state index in [4.69, 9.17) is 0 Å². The van der Waals surface area contributed by atoms with Crippen molar-refractivity contribution in [2.75, 3.05) is 13.1 Å². The van der Waals surface area contributed by atoms with Gasteiger partial charge in [-0.2, -0.15) is 0 Å². The number of aliphatic imine (C=N–C) groups is 1. The molecule has 1 aliphatic rings. The first kappa shape index (κ1) is 11.0. The number of nitrogens with one attached hydrogen (secondary N) is 3. The number of hydrogen-bond acceptors (Lipinski definition) is 4. The van der Waals surface area contributed by atoms with Gasteiger partial charge >= 0.3 is 0 Å². The van der Waals surface area contributed by atoms with Gasteiger partial charge in [-0.1, -0.05) is 6.92 Å². The maximum atomic E-state index is 4.51. The summed E-state index contributed by atoms with van der Waals surface area (Å²) in [6.45, 7) is 8.15. The third kappa shape index (κ3) is 3.03. The molecule has 0 saturated carbocycles. The molecule has 0 spiro atoms. The van der Waals surface area contributed by atoms with Crippen molar-refractivity contribution in [1.29, 1.82) is 0 Å². The van der Waals surface area contributed by atoms with Crippen LogP contribution in [0.5, 0.6) is 0 Å². The summed E-state index contributed by atoms with van der Waals surface area (Å²) in [4.78, 5) is 4.51.